The zero-order chi connectivity index (χ0) is 12.0. The van der Waals surface area contributed by atoms with Gasteiger partial charge in [0, 0.05) is 11.6 Å². The van der Waals surface area contributed by atoms with Crippen molar-refractivity contribution in [2.75, 3.05) is 13.7 Å². The Kier molecular flexibility index (Phi) is 5.06. The van der Waals surface area contributed by atoms with Crippen LogP contribution < -0.4 is 10.1 Å². The van der Waals surface area contributed by atoms with Gasteiger partial charge < -0.3 is 10.1 Å². The Morgan fingerprint density at radius 2 is 2.12 bits per heavy atom. The summed E-state index contributed by atoms with van der Waals surface area (Å²) >= 11 is 0. The number of nitrogens with one attached hydrogen (secondary N) is 1. The minimum atomic E-state index is 0.384. The van der Waals surface area contributed by atoms with Gasteiger partial charge in [-0.2, -0.15) is 0 Å². The molecule has 0 spiro atoms. The first-order chi connectivity index (χ1) is 7.69. The molecule has 0 saturated heterocycles. The molecule has 1 aromatic rings. The Morgan fingerprint density at radius 1 is 1.44 bits per heavy atom. The lowest BCUT2D eigenvalue weighted by Gasteiger charge is -2.12. The molecule has 0 fully saturated rings. The fourth-order valence-electron chi connectivity index (χ4n) is 1.48. The van der Waals surface area contributed by atoms with Gasteiger partial charge in [0.2, 0.25) is 0 Å². The maximum atomic E-state index is 5.59. The van der Waals surface area contributed by atoms with Crippen molar-refractivity contribution in [3.05, 3.63) is 35.4 Å². The van der Waals surface area contributed by atoms with E-state index in [2.05, 4.69) is 31.3 Å². The van der Waals surface area contributed by atoms with Gasteiger partial charge in [-0.15, -0.1) is 0 Å². The fourth-order valence-corrected chi connectivity index (χ4v) is 1.48. The summed E-state index contributed by atoms with van der Waals surface area (Å²) in [5, 5.41) is 3.23. The van der Waals surface area contributed by atoms with Crippen LogP contribution in [0.25, 0.3) is 6.08 Å². The number of para-hydroxylation sites is 1. The second kappa shape index (κ2) is 6.33. The van der Waals surface area contributed by atoms with Gasteiger partial charge in [0.25, 0.3) is 0 Å². The van der Waals surface area contributed by atoms with E-state index in [0.29, 0.717) is 12.6 Å². The van der Waals surface area contributed by atoms with E-state index in [9.17, 15) is 0 Å². The summed E-state index contributed by atoms with van der Waals surface area (Å²) in [5.74, 6) is 0.952. The summed E-state index contributed by atoms with van der Waals surface area (Å²) < 4.78 is 5.59. The second-order valence-electron chi connectivity index (χ2n) is 3.87. The molecule has 0 saturated carbocycles. The Balaban J connectivity index is 2.95. The number of hydrogen-bond donors (Lipinski definition) is 1. The SMILES string of the molecule is CCOc1ccccc1/C=C(/C)C(C)NC. The van der Waals surface area contributed by atoms with E-state index in [1.54, 1.807) is 0 Å². The first kappa shape index (κ1) is 12.8. The maximum Gasteiger partial charge on any atom is 0.126 e. The molecule has 0 aliphatic heterocycles. The lowest BCUT2D eigenvalue weighted by Crippen LogP contribution is -2.21. The second-order valence-corrected chi connectivity index (χ2v) is 3.87. The van der Waals surface area contributed by atoms with Crippen LogP contribution in [-0.2, 0) is 0 Å². The molecule has 2 nitrogen and oxygen atoms in total. The first-order valence-corrected chi connectivity index (χ1v) is 5.76. The van der Waals surface area contributed by atoms with E-state index in [-0.39, 0.29) is 0 Å². The molecule has 0 bridgehead atoms. The van der Waals surface area contributed by atoms with Gasteiger partial charge in [-0.3, -0.25) is 0 Å². The topological polar surface area (TPSA) is 21.3 Å². The molecule has 88 valence electrons. The van der Waals surface area contributed by atoms with Gasteiger partial charge in [0.15, 0.2) is 0 Å². The van der Waals surface area contributed by atoms with Crippen LogP contribution in [0.5, 0.6) is 5.75 Å². The van der Waals surface area contributed by atoms with Crippen LogP contribution in [0.15, 0.2) is 29.8 Å². The van der Waals surface area contributed by atoms with Crippen LogP contribution in [0.4, 0.5) is 0 Å². The third kappa shape index (κ3) is 3.38. The third-order valence-corrected chi connectivity index (χ3v) is 2.72. The van der Waals surface area contributed by atoms with E-state index in [1.807, 2.05) is 32.2 Å². The van der Waals surface area contributed by atoms with Crippen molar-refractivity contribution in [3.8, 4) is 5.75 Å². The Labute approximate surface area is 98.3 Å². The number of rotatable bonds is 5. The van der Waals surface area contributed by atoms with Crippen molar-refractivity contribution in [1.29, 1.82) is 0 Å². The Hall–Kier alpha value is -1.28. The van der Waals surface area contributed by atoms with Crippen LogP contribution in [0.1, 0.15) is 26.3 Å². The average Bonchev–Trinajstić information content (AvgIpc) is 2.31. The molecular formula is C14H21NO. The zero-order valence-electron chi connectivity index (χ0n) is 10.6. The maximum absolute atomic E-state index is 5.59. The summed E-state index contributed by atoms with van der Waals surface area (Å²) in [7, 11) is 1.97. The zero-order valence-corrected chi connectivity index (χ0v) is 10.6. The van der Waals surface area contributed by atoms with E-state index in [4.69, 9.17) is 4.74 Å². The molecule has 0 aromatic heterocycles. The summed E-state index contributed by atoms with van der Waals surface area (Å²) in [6, 6.07) is 8.50. The van der Waals surface area contributed by atoms with Gasteiger partial charge in [-0.1, -0.05) is 29.8 Å². The van der Waals surface area contributed by atoms with Crippen LogP contribution in [-0.4, -0.2) is 19.7 Å². The largest absolute Gasteiger partial charge is 0.493 e. The smallest absolute Gasteiger partial charge is 0.126 e. The van der Waals surface area contributed by atoms with E-state index < -0.39 is 0 Å². The summed E-state index contributed by atoms with van der Waals surface area (Å²) in [5.41, 5.74) is 2.44. The van der Waals surface area contributed by atoms with E-state index in [0.717, 1.165) is 11.3 Å². The lowest BCUT2D eigenvalue weighted by atomic mass is 10.1. The molecular weight excluding hydrogens is 198 g/mol. The van der Waals surface area contributed by atoms with Gasteiger partial charge in [0.05, 0.1) is 6.61 Å². The number of hydrogen-bond acceptors (Lipinski definition) is 2. The van der Waals surface area contributed by atoms with Crippen LogP contribution in [0.3, 0.4) is 0 Å². The molecule has 0 aliphatic rings. The molecule has 1 rings (SSSR count). The standard InChI is InChI=1S/C14H21NO/c1-5-16-14-9-7-6-8-13(14)10-11(2)12(3)15-4/h6-10,12,15H,5H2,1-4H3/b11-10-. The van der Waals surface area contributed by atoms with Crippen LogP contribution >= 0.6 is 0 Å². The van der Waals surface area contributed by atoms with Crippen LogP contribution in [0.2, 0.25) is 0 Å². The molecule has 0 aliphatic carbocycles. The quantitative estimate of drug-likeness (QED) is 0.821. The van der Waals surface area contributed by atoms with Crippen molar-refractivity contribution < 1.29 is 4.74 Å². The molecule has 1 N–H and O–H groups in total. The van der Waals surface area contributed by atoms with Gasteiger partial charge >= 0.3 is 0 Å². The summed E-state index contributed by atoms with van der Waals surface area (Å²) in [4.78, 5) is 0. The summed E-state index contributed by atoms with van der Waals surface area (Å²) in [6.07, 6.45) is 2.17. The van der Waals surface area contributed by atoms with Crippen molar-refractivity contribution in [2.24, 2.45) is 0 Å². The predicted octanol–water partition coefficient (Wildman–Crippen LogP) is 3.10. The molecule has 2 heteroatoms. The highest BCUT2D eigenvalue weighted by molar-refractivity contribution is 5.60. The average molecular weight is 219 g/mol. The molecule has 0 radical (unpaired) electrons. The minimum Gasteiger partial charge on any atom is -0.493 e. The number of benzene rings is 1. The minimum absolute atomic E-state index is 0.384. The van der Waals surface area contributed by atoms with Gasteiger partial charge in [-0.05, 0) is 33.9 Å². The molecule has 1 aromatic carbocycles. The molecule has 1 unspecified atom stereocenters. The molecule has 16 heavy (non-hydrogen) atoms. The highest BCUT2D eigenvalue weighted by Crippen LogP contribution is 2.21. The molecule has 0 heterocycles. The number of ether oxygens (including phenoxy) is 1. The Bertz CT molecular complexity index is 358. The number of likely N-dealkylation sites (N-methyl/N-ethyl adjacent to an activating group) is 1. The van der Waals surface area contributed by atoms with Crippen molar-refractivity contribution in [2.45, 2.75) is 26.8 Å². The molecule has 1 atom stereocenters. The third-order valence-electron chi connectivity index (χ3n) is 2.72. The van der Waals surface area contributed by atoms with Crippen LogP contribution in [0, 0.1) is 0 Å². The normalized spacial score (nSPS) is 13.6. The van der Waals surface area contributed by atoms with Crippen molar-refractivity contribution in [3.63, 3.8) is 0 Å². The fraction of sp³-hybridized carbons (Fsp3) is 0.429. The Morgan fingerprint density at radius 3 is 2.75 bits per heavy atom. The van der Waals surface area contributed by atoms with Crippen molar-refractivity contribution in [1.82, 2.24) is 5.32 Å². The van der Waals surface area contributed by atoms with E-state index >= 15 is 0 Å². The van der Waals surface area contributed by atoms with Gasteiger partial charge in [-0.25, -0.2) is 0 Å². The lowest BCUT2D eigenvalue weighted by molar-refractivity contribution is 0.339. The highest BCUT2D eigenvalue weighted by Gasteiger charge is 2.03. The molecule has 0 amide bonds. The predicted molar refractivity (Wildman–Crippen MR) is 69.8 cm³/mol. The van der Waals surface area contributed by atoms with Crippen molar-refractivity contribution >= 4 is 6.08 Å². The monoisotopic (exact) mass is 219 g/mol. The summed E-state index contributed by atoms with van der Waals surface area (Å²) in [6.45, 7) is 6.98. The van der Waals surface area contributed by atoms with E-state index in [1.165, 1.54) is 5.57 Å². The van der Waals surface area contributed by atoms with Gasteiger partial charge in [0.1, 0.15) is 5.75 Å². The highest BCUT2D eigenvalue weighted by atomic mass is 16.5. The first-order valence-electron chi connectivity index (χ1n) is 5.76.